The summed E-state index contributed by atoms with van der Waals surface area (Å²) in [5.41, 5.74) is 0. The highest BCUT2D eigenvalue weighted by Crippen LogP contribution is 2.12. The third-order valence-electron chi connectivity index (χ3n) is 2.16. The minimum Gasteiger partial charge on any atom is -0.240 e. The third-order valence-corrected chi connectivity index (χ3v) is 2.16. The Hall–Kier alpha value is -0.790. The van der Waals surface area contributed by atoms with Crippen LogP contribution in [0.3, 0.4) is 0 Å². The molecule has 12 heavy (non-hydrogen) atoms. The summed E-state index contributed by atoms with van der Waals surface area (Å²) in [5.74, 6) is 1.54. The van der Waals surface area contributed by atoms with Crippen LogP contribution in [0.4, 0.5) is 0 Å². The van der Waals surface area contributed by atoms with Crippen molar-refractivity contribution in [1.29, 1.82) is 0 Å². The van der Waals surface area contributed by atoms with Crippen molar-refractivity contribution in [3.8, 4) is 0 Å². The molecule has 1 aliphatic rings. The van der Waals surface area contributed by atoms with E-state index in [1.165, 1.54) is 25.7 Å². The van der Waals surface area contributed by atoms with Crippen LogP contribution in [0.5, 0.6) is 0 Å². The van der Waals surface area contributed by atoms with Gasteiger partial charge in [-0.05, 0) is 6.42 Å². The maximum Gasteiger partial charge on any atom is 0.131 e. The summed E-state index contributed by atoms with van der Waals surface area (Å²) in [5, 5.41) is 4.18. The predicted octanol–water partition coefficient (Wildman–Crippen LogP) is 2.69. The lowest BCUT2D eigenvalue weighted by Gasteiger charge is -2.09. The molecule has 0 fully saturated rings. The lowest BCUT2D eigenvalue weighted by Crippen LogP contribution is -2.16. The number of nitrogens with zero attached hydrogens (tertiary/aromatic N) is 2. The van der Waals surface area contributed by atoms with Crippen molar-refractivity contribution in [2.75, 3.05) is 0 Å². The van der Waals surface area contributed by atoms with Crippen LogP contribution in [0, 0.1) is 5.92 Å². The van der Waals surface area contributed by atoms with E-state index >= 15 is 0 Å². The van der Waals surface area contributed by atoms with Gasteiger partial charge in [-0.25, -0.2) is 10.3 Å². The monoisotopic (exact) mass is 165 g/mol. The van der Waals surface area contributed by atoms with Crippen LogP contribution < -0.4 is 5.32 Å². The summed E-state index contributed by atoms with van der Waals surface area (Å²) in [7, 11) is 0. The van der Waals surface area contributed by atoms with Gasteiger partial charge in [0.25, 0.3) is 0 Å². The smallest absolute Gasteiger partial charge is 0.131 e. The molecule has 67 valence electrons. The first-order valence-electron chi connectivity index (χ1n) is 4.78. The molecule has 0 saturated carbocycles. The zero-order valence-electron chi connectivity index (χ0n) is 7.95. The molecule has 1 aliphatic heterocycles. The fourth-order valence-corrected chi connectivity index (χ4v) is 1.34. The molecule has 0 amide bonds. The van der Waals surface area contributed by atoms with Crippen molar-refractivity contribution in [3.63, 3.8) is 0 Å². The van der Waals surface area contributed by atoms with Crippen molar-refractivity contribution in [1.82, 2.24) is 5.32 Å². The fourth-order valence-electron chi connectivity index (χ4n) is 1.34. The van der Waals surface area contributed by atoms with Gasteiger partial charge in [0, 0.05) is 18.3 Å². The lowest BCUT2D eigenvalue weighted by molar-refractivity contribution is 0.591. The molecule has 0 aliphatic carbocycles. The van der Waals surface area contributed by atoms with E-state index in [1.54, 1.807) is 12.4 Å². The molecule has 1 unspecified atom stereocenters. The number of hydrogen-bond acceptors (Lipinski definition) is 1. The molecular weight excluding hydrogens is 148 g/mol. The molecule has 0 spiro atoms. The molecule has 0 aromatic carbocycles. The molecule has 2 heteroatoms. The van der Waals surface area contributed by atoms with E-state index in [0.29, 0.717) is 5.92 Å². The molecule has 0 bridgehead atoms. The Morgan fingerprint density at radius 1 is 1.33 bits per heavy atom. The van der Waals surface area contributed by atoms with E-state index in [2.05, 4.69) is 24.2 Å². The van der Waals surface area contributed by atoms with E-state index in [-0.39, 0.29) is 0 Å². The predicted molar refractivity (Wildman–Crippen MR) is 52.0 cm³/mol. The number of aliphatic imine (C=N–C) groups is 1. The van der Waals surface area contributed by atoms with Gasteiger partial charge in [0.1, 0.15) is 5.84 Å². The van der Waals surface area contributed by atoms with Gasteiger partial charge < -0.3 is 0 Å². The largest absolute Gasteiger partial charge is 0.240 e. The minimum atomic E-state index is 0.534. The molecule has 1 radical (unpaired) electrons. The molecule has 2 nitrogen and oxygen atoms in total. The highest BCUT2D eigenvalue weighted by molar-refractivity contribution is 5.86. The Kier molecular flexibility index (Phi) is 3.85. The summed E-state index contributed by atoms with van der Waals surface area (Å²) in [4.78, 5) is 4.18. The fraction of sp³-hybridized carbons (Fsp3) is 0.700. The maximum absolute atomic E-state index is 4.18. The Bertz CT molecular complexity index is 182. The average Bonchev–Trinajstić information content (AvgIpc) is 2.56. The van der Waals surface area contributed by atoms with E-state index < -0.39 is 0 Å². The van der Waals surface area contributed by atoms with Gasteiger partial charge >= 0.3 is 0 Å². The van der Waals surface area contributed by atoms with Gasteiger partial charge in [-0.2, -0.15) is 0 Å². The molecule has 0 N–H and O–H groups in total. The van der Waals surface area contributed by atoms with Crippen molar-refractivity contribution in [2.45, 2.75) is 39.5 Å². The van der Waals surface area contributed by atoms with Crippen LogP contribution >= 0.6 is 0 Å². The van der Waals surface area contributed by atoms with Crippen molar-refractivity contribution >= 4 is 5.84 Å². The Morgan fingerprint density at radius 3 is 2.75 bits per heavy atom. The van der Waals surface area contributed by atoms with Gasteiger partial charge in [-0.15, -0.1) is 0 Å². The van der Waals surface area contributed by atoms with Gasteiger partial charge in [-0.1, -0.05) is 33.1 Å². The third kappa shape index (κ3) is 2.68. The Morgan fingerprint density at radius 2 is 2.17 bits per heavy atom. The van der Waals surface area contributed by atoms with Gasteiger partial charge in [0.05, 0.1) is 0 Å². The average molecular weight is 165 g/mol. The number of hydrogen-bond donors (Lipinski definition) is 0. The van der Waals surface area contributed by atoms with Crippen LogP contribution in [0.25, 0.3) is 0 Å². The molecule has 1 rings (SSSR count). The Balaban J connectivity index is 2.15. The van der Waals surface area contributed by atoms with Crippen LogP contribution in [-0.4, -0.2) is 5.84 Å². The van der Waals surface area contributed by atoms with Crippen LogP contribution in [0.1, 0.15) is 39.5 Å². The highest BCUT2D eigenvalue weighted by atomic mass is 15.0. The summed E-state index contributed by atoms with van der Waals surface area (Å²) in [6, 6.07) is 0. The van der Waals surface area contributed by atoms with E-state index in [1.807, 2.05) is 0 Å². The second-order valence-electron chi connectivity index (χ2n) is 3.31. The summed E-state index contributed by atoms with van der Waals surface area (Å²) < 4.78 is 0. The zero-order valence-corrected chi connectivity index (χ0v) is 7.95. The molecule has 1 atom stereocenters. The van der Waals surface area contributed by atoms with Crippen LogP contribution in [0.2, 0.25) is 0 Å². The number of unbranched alkanes of at least 4 members (excludes halogenated alkanes) is 2. The van der Waals surface area contributed by atoms with Crippen LogP contribution in [0.15, 0.2) is 17.4 Å². The molecule has 1 heterocycles. The second-order valence-corrected chi connectivity index (χ2v) is 3.31. The highest BCUT2D eigenvalue weighted by Gasteiger charge is 2.11. The zero-order chi connectivity index (χ0) is 8.81. The first-order chi connectivity index (χ1) is 5.84. The van der Waals surface area contributed by atoms with Crippen molar-refractivity contribution in [3.05, 3.63) is 12.4 Å². The molecule has 0 saturated heterocycles. The summed E-state index contributed by atoms with van der Waals surface area (Å²) in [6.07, 6.45) is 8.67. The standard InChI is InChI=1S/C10H17N2/c1-3-4-5-6-9(2)10-11-7-8-12-10/h7-9H,3-6H2,1-2H3. The number of amidine groups is 1. The van der Waals surface area contributed by atoms with Gasteiger partial charge in [0.15, 0.2) is 0 Å². The number of rotatable bonds is 5. The summed E-state index contributed by atoms with van der Waals surface area (Å²) in [6.45, 7) is 4.43. The second kappa shape index (κ2) is 4.96. The van der Waals surface area contributed by atoms with Gasteiger partial charge in [-0.3, -0.25) is 0 Å². The molecule has 0 aromatic rings. The van der Waals surface area contributed by atoms with E-state index in [9.17, 15) is 0 Å². The molecular formula is C10H17N2. The van der Waals surface area contributed by atoms with Gasteiger partial charge in [0.2, 0.25) is 0 Å². The van der Waals surface area contributed by atoms with E-state index in [0.717, 1.165) is 5.84 Å². The Labute approximate surface area is 74.8 Å². The molecule has 0 aromatic heterocycles. The summed E-state index contributed by atoms with van der Waals surface area (Å²) >= 11 is 0. The minimum absolute atomic E-state index is 0.534. The first kappa shape index (κ1) is 9.30. The maximum atomic E-state index is 4.18. The SMILES string of the molecule is CCCCCC(C)C1=NC=C[N]1. The quantitative estimate of drug-likeness (QED) is 0.560. The topological polar surface area (TPSA) is 26.5 Å². The van der Waals surface area contributed by atoms with Crippen LogP contribution in [-0.2, 0) is 0 Å². The van der Waals surface area contributed by atoms with Crippen molar-refractivity contribution < 1.29 is 0 Å². The normalized spacial score (nSPS) is 17.3. The first-order valence-corrected chi connectivity index (χ1v) is 4.78. The van der Waals surface area contributed by atoms with Crippen molar-refractivity contribution in [2.24, 2.45) is 10.9 Å². The van der Waals surface area contributed by atoms with E-state index in [4.69, 9.17) is 0 Å². The lowest BCUT2D eigenvalue weighted by atomic mass is 10.0.